The molecule has 108 valence electrons. The molecular weight excluding hydrogens is 355 g/mol. The molecule has 1 aromatic heterocycles. The first-order valence-electron chi connectivity index (χ1n) is 6.34. The van der Waals surface area contributed by atoms with Gasteiger partial charge in [0.2, 0.25) is 0 Å². The zero-order valence-corrected chi connectivity index (χ0v) is 13.8. The van der Waals surface area contributed by atoms with Crippen LogP contribution in [-0.4, -0.2) is 4.21 Å². The number of benzene rings is 2. The average molecular weight is 367 g/mol. The normalized spacial score (nSPS) is 12.8. The molecule has 5 heteroatoms. The lowest BCUT2D eigenvalue weighted by molar-refractivity contribution is 0.564. The van der Waals surface area contributed by atoms with Gasteiger partial charge in [-0.15, -0.1) is 0 Å². The molecule has 0 aliphatic heterocycles. The van der Waals surface area contributed by atoms with Crippen molar-refractivity contribution in [3.63, 3.8) is 0 Å². The van der Waals surface area contributed by atoms with Crippen molar-refractivity contribution in [3.05, 3.63) is 58.0 Å². The zero-order chi connectivity index (χ0) is 15.1. The molecule has 0 fully saturated rings. The summed E-state index contributed by atoms with van der Waals surface area (Å²) in [6, 6.07) is 9.55. The second-order valence-corrected chi connectivity index (χ2v) is 7.14. The molecule has 0 saturated carbocycles. The highest BCUT2D eigenvalue weighted by atomic mass is 79.9. The van der Waals surface area contributed by atoms with E-state index in [1.165, 1.54) is 24.3 Å². The van der Waals surface area contributed by atoms with Crippen LogP contribution in [0.3, 0.4) is 0 Å². The Kier molecular flexibility index (Phi) is 3.71. The molecule has 0 saturated heterocycles. The molecule has 0 aliphatic rings. The van der Waals surface area contributed by atoms with E-state index in [2.05, 4.69) is 15.9 Å². The molecule has 0 amide bonds. The lowest BCUT2D eigenvalue weighted by atomic mass is 10.2. The minimum atomic E-state index is -1.41. The fraction of sp³-hybridized carbons (Fsp3) is 0.125. The second kappa shape index (κ2) is 5.39. The first-order chi connectivity index (χ1) is 9.97. The summed E-state index contributed by atoms with van der Waals surface area (Å²) in [6.45, 7) is 3.74. The predicted octanol–water partition coefficient (Wildman–Crippen LogP) is 5.12. The molecule has 0 aliphatic carbocycles. The number of furan rings is 1. The summed E-state index contributed by atoms with van der Waals surface area (Å²) in [6.07, 6.45) is 0. The molecule has 1 atom stereocenters. The Morgan fingerprint density at radius 3 is 2.48 bits per heavy atom. The van der Waals surface area contributed by atoms with Crippen LogP contribution in [0.1, 0.15) is 11.3 Å². The van der Waals surface area contributed by atoms with E-state index in [4.69, 9.17) is 4.42 Å². The molecule has 1 heterocycles. The quantitative estimate of drug-likeness (QED) is 0.630. The summed E-state index contributed by atoms with van der Waals surface area (Å²) in [5.74, 6) is 0.275. The molecule has 0 N–H and O–H groups in total. The van der Waals surface area contributed by atoms with Gasteiger partial charge in [0.15, 0.2) is 0 Å². The first kappa shape index (κ1) is 14.5. The van der Waals surface area contributed by atoms with Crippen molar-refractivity contribution >= 4 is 37.7 Å². The van der Waals surface area contributed by atoms with Crippen LogP contribution in [0.2, 0.25) is 0 Å². The van der Waals surface area contributed by atoms with Gasteiger partial charge in [-0.2, -0.15) is 0 Å². The smallest absolute Gasteiger partial charge is 0.138 e. The van der Waals surface area contributed by atoms with Crippen molar-refractivity contribution in [1.29, 1.82) is 0 Å². The Hall–Kier alpha value is -1.46. The van der Waals surface area contributed by atoms with Crippen molar-refractivity contribution in [2.75, 3.05) is 0 Å². The minimum Gasteiger partial charge on any atom is -0.460 e. The number of fused-ring (bicyclic) bond motifs is 1. The molecule has 0 unspecified atom stereocenters. The minimum absolute atomic E-state index is 0.344. The van der Waals surface area contributed by atoms with Crippen molar-refractivity contribution in [2.45, 2.75) is 23.6 Å². The summed E-state index contributed by atoms with van der Waals surface area (Å²) in [7, 11) is -1.41. The standard InChI is InChI=1S/C16H12BrFO2S/c1-9-7-11(17)8-14-15(9)20-10(2)16(14)21(19)13-5-3-12(18)4-6-13/h3-8H,1-2H3/t21-/m0/s1. The Bertz CT molecular complexity index is 853. The lowest BCUT2D eigenvalue weighted by Gasteiger charge is -2.02. The Balaban J connectivity index is 2.22. The van der Waals surface area contributed by atoms with Gasteiger partial charge < -0.3 is 4.42 Å². The van der Waals surface area contributed by atoms with Crippen LogP contribution in [0.25, 0.3) is 11.0 Å². The number of aryl methyl sites for hydroxylation is 2. The lowest BCUT2D eigenvalue weighted by Crippen LogP contribution is -1.94. The van der Waals surface area contributed by atoms with E-state index in [0.29, 0.717) is 15.6 Å². The monoisotopic (exact) mass is 366 g/mol. The van der Waals surface area contributed by atoms with E-state index in [1.54, 1.807) is 6.92 Å². The molecule has 0 bridgehead atoms. The van der Waals surface area contributed by atoms with Crippen molar-refractivity contribution in [2.24, 2.45) is 0 Å². The SMILES string of the molecule is Cc1oc2c(C)cc(Br)cc2c1[S@@](=O)c1ccc(F)cc1. The maximum Gasteiger partial charge on any atom is 0.138 e. The van der Waals surface area contributed by atoms with Gasteiger partial charge in [-0.1, -0.05) is 15.9 Å². The first-order valence-corrected chi connectivity index (χ1v) is 8.28. The topological polar surface area (TPSA) is 30.2 Å². The number of rotatable bonds is 2. The zero-order valence-electron chi connectivity index (χ0n) is 11.4. The maximum absolute atomic E-state index is 13.0. The Morgan fingerprint density at radius 1 is 1.14 bits per heavy atom. The maximum atomic E-state index is 13.0. The number of hydrogen-bond acceptors (Lipinski definition) is 2. The summed E-state index contributed by atoms with van der Waals surface area (Å²) < 4.78 is 32.5. The molecule has 0 spiro atoms. The van der Waals surface area contributed by atoms with E-state index in [0.717, 1.165) is 21.0 Å². The molecule has 2 aromatic carbocycles. The summed E-state index contributed by atoms with van der Waals surface area (Å²) in [4.78, 5) is 1.20. The van der Waals surface area contributed by atoms with Gasteiger partial charge in [0.05, 0.1) is 15.7 Å². The molecule has 3 aromatic rings. The predicted molar refractivity (Wildman–Crippen MR) is 84.5 cm³/mol. The second-order valence-electron chi connectivity index (χ2n) is 4.81. The third-order valence-electron chi connectivity index (χ3n) is 3.27. The van der Waals surface area contributed by atoms with E-state index < -0.39 is 10.8 Å². The van der Waals surface area contributed by atoms with E-state index in [1.807, 2.05) is 19.1 Å². The van der Waals surface area contributed by atoms with Gasteiger partial charge in [0, 0.05) is 14.8 Å². The van der Waals surface area contributed by atoms with Gasteiger partial charge in [0.1, 0.15) is 17.2 Å². The Morgan fingerprint density at radius 2 is 1.81 bits per heavy atom. The average Bonchev–Trinajstić information content (AvgIpc) is 2.75. The van der Waals surface area contributed by atoms with Crippen LogP contribution < -0.4 is 0 Å². The van der Waals surface area contributed by atoms with Crippen LogP contribution in [0.5, 0.6) is 0 Å². The van der Waals surface area contributed by atoms with E-state index in [-0.39, 0.29) is 5.82 Å². The third kappa shape index (κ3) is 2.56. The van der Waals surface area contributed by atoms with Crippen LogP contribution in [0, 0.1) is 19.7 Å². The summed E-state index contributed by atoms with van der Waals surface area (Å²) in [5.41, 5.74) is 1.71. The fourth-order valence-corrected chi connectivity index (χ4v) is 4.17. The van der Waals surface area contributed by atoms with Gasteiger partial charge in [-0.25, -0.2) is 8.60 Å². The molecule has 21 heavy (non-hydrogen) atoms. The van der Waals surface area contributed by atoms with Gasteiger partial charge in [0.25, 0.3) is 0 Å². The van der Waals surface area contributed by atoms with E-state index >= 15 is 0 Å². The molecule has 3 rings (SSSR count). The number of halogens is 2. The number of hydrogen-bond donors (Lipinski definition) is 0. The highest BCUT2D eigenvalue weighted by Gasteiger charge is 2.20. The van der Waals surface area contributed by atoms with Crippen LogP contribution in [0.4, 0.5) is 4.39 Å². The van der Waals surface area contributed by atoms with Gasteiger partial charge in [-0.3, -0.25) is 0 Å². The molecular formula is C16H12BrFO2S. The van der Waals surface area contributed by atoms with E-state index in [9.17, 15) is 8.60 Å². The van der Waals surface area contributed by atoms with Crippen molar-refractivity contribution < 1.29 is 13.0 Å². The van der Waals surface area contributed by atoms with Crippen molar-refractivity contribution in [1.82, 2.24) is 0 Å². The summed E-state index contributed by atoms with van der Waals surface area (Å²) >= 11 is 3.45. The third-order valence-corrected chi connectivity index (χ3v) is 5.31. The molecule has 0 radical (unpaired) electrons. The van der Waals surface area contributed by atoms with Crippen LogP contribution in [-0.2, 0) is 10.8 Å². The Labute approximate surface area is 132 Å². The van der Waals surface area contributed by atoms with Crippen molar-refractivity contribution in [3.8, 4) is 0 Å². The van der Waals surface area contributed by atoms with Crippen LogP contribution in [0.15, 0.2) is 55.1 Å². The van der Waals surface area contributed by atoms with Gasteiger partial charge in [-0.05, 0) is 55.8 Å². The largest absolute Gasteiger partial charge is 0.460 e. The van der Waals surface area contributed by atoms with Crippen LogP contribution >= 0.6 is 15.9 Å². The fourth-order valence-electron chi connectivity index (χ4n) is 2.33. The molecule has 2 nitrogen and oxygen atoms in total. The highest BCUT2D eigenvalue weighted by Crippen LogP contribution is 2.35. The summed E-state index contributed by atoms with van der Waals surface area (Å²) in [5, 5.41) is 0.821. The highest BCUT2D eigenvalue weighted by molar-refractivity contribution is 9.10. The van der Waals surface area contributed by atoms with Gasteiger partial charge >= 0.3 is 0 Å².